The number of hydrogen-bond acceptors (Lipinski definition) is 5. The number of carbonyl (C=O) groups excluding carboxylic acids is 2. The van der Waals surface area contributed by atoms with Crippen LogP contribution in [0.3, 0.4) is 0 Å². The highest BCUT2D eigenvalue weighted by molar-refractivity contribution is 5.79. The van der Waals surface area contributed by atoms with E-state index in [9.17, 15) is 19.5 Å². The smallest absolute Gasteiger partial charge is 0.410 e. The summed E-state index contributed by atoms with van der Waals surface area (Å²) in [6, 6.07) is 9.25. The highest BCUT2D eigenvalue weighted by Crippen LogP contribution is 2.29. The van der Waals surface area contributed by atoms with Crippen molar-refractivity contribution in [1.82, 2.24) is 4.90 Å². The van der Waals surface area contributed by atoms with Gasteiger partial charge in [-0.2, -0.15) is 0 Å². The van der Waals surface area contributed by atoms with Crippen molar-refractivity contribution >= 4 is 18.0 Å². The minimum atomic E-state index is -1.01. The van der Waals surface area contributed by atoms with Crippen LogP contribution < -0.4 is 0 Å². The summed E-state index contributed by atoms with van der Waals surface area (Å²) in [6.45, 7) is 6.38. The number of carboxylic acids is 1. The molecule has 7 heteroatoms. The lowest BCUT2D eigenvalue weighted by atomic mass is 9.82. The van der Waals surface area contributed by atoms with Crippen LogP contribution in [0.15, 0.2) is 30.3 Å². The van der Waals surface area contributed by atoms with Gasteiger partial charge in [-0.1, -0.05) is 30.3 Å². The van der Waals surface area contributed by atoms with Crippen molar-refractivity contribution in [2.45, 2.75) is 52.2 Å². The molecule has 28 heavy (non-hydrogen) atoms. The summed E-state index contributed by atoms with van der Waals surface area (Å²) in [4.78, 5) is 37.6. The molecule has 0 aromatic heterocycles. The van der Waals surface area contributed by atoms with E-state index in [0.717, 1.165) is 5.56 Å². The Labute approximate surface area is 165 Å². The summed E-state index contributed by atoms with van der Waals surface area (Å²) < 4.78 is 10.6. The number of rotatable bonds is 6. The molecule has 2 rings (SSSR count). The molecule has 1 fully saturated rings. The van der Waals surface area contributed by atoms with Gasteiger partial charge in [0.2, 0.25) is 0 Å². The number of esters is 1. The molecule has 0 aliphatic carbocycles. The zero-order chi connectivity index (χ0) is 20.7. The second-order valence-electron chi connectivity index (χ2n) is 8.10. The van der Waals surface area contributed by atoms with Crippen LogP contribution in [0.5, 0.6) is 0 Å². The molecule has 1 amide bonds. The zero-order valence-electron chi connectivity index (χ0n) is 16.7. The average molecular weight is 391 g/mol. The van der Waals surface area contributed by atoms with Gasteiger partial charge in [0.15, 0.2) is 0 Å². The molecule has 1 aliphatic heterocycles. The fraction of sp³-hybridized carbons (Fsp3) is 0.571. The molecule has 0 radical (unpaired) electrons. The first-order valence-corrected chi connectivity index (χ1v) is 9.56. The topological polar surface area (TPSA) is 93.1 Å². The molecular weight excluding hydrogens is 362 g/mol. The monoisotopic (exact) mass is 391 g/mol. The van der Waals surface area contributed by atoms with Crippen molar-refractivity contribution in [3.05, 3.63) is 35.9 Å². The maximum absolute atomic E-state index is 12.1. The summed E-state index contributed by atoms with van der Waals surface area (Å²) in [5.74, 6) is -2.53. The van der Waals surface area contributed by atoms with Gasteiger partial charge in [0.1, 0.15) is 12.2 Å². The standard InChI is InChI=1S/C21H29NO6/c1-21(2,3)28-20(26)22-11-9-16(10-12-22)17(19(24)25)13-18(23)27-14-15-7-5-4-6-8-15/h4-8,16-17H,9-14H2,1-3H3,(H,24,25)/t17-/m0/s1. The van der Waals surface area contributed by atoms with Crippen molar-refractivity contribution < 1.29 is 29.0 Å². The third-order valence-corrected chi connectivity index (χ3v) is 4.71. The Balaban J connectivity index is 1.84. The Kier molecular flexibility index (Phi) is 7.43. The van der Waals surface area contributed by atoms with Gasteiger partial charge in [-0.15, -0.1) is 0 Å². The van der Waals surface area contributed by atoms with Crippen LogP contribution in [-0.2, 0) is 25.7 Å². The number of benzene rings is 1. The molecule has 1 N–H and O–H groups in total. The molecule has 0 unspecified atom stereocenters. The summed E-state index contributed by atoms with van der Waals surface area (Å²) in [7, 11) is 0. The fourth-order valence-electron chi connectivity index (χ4n) is 3.24. The lowest BCUT2D eigenvalue weighted by molar-refractivity contribution is -0.154. The number of carboxylic acid groups (broad SMARTS) is 1. The number of ether oxygens (including phenoxy) is 2. The van der Waals surface area contributed by atoms with E-state index in [4.69, 9.17) is 9.47 Å². The number of likely N-dealkylation sites (tertiary alicyclic amines) is 1. The van der Waals surface area contributed by atoms with E-state index >= 15 is 0 Å². The SMILES string of the molecule is CC(C)(C)OC(=O)N1CCC([C@H](CC(=O)OCc2ccccc2)C(=O)O)CC1. The van der Waals surface area contributed by atoms with Gasteiger partial charge in [0.25, 0.3) is 0 Å². The quantitative estimate of drug-likeness (QED) is 0.747. The Bertz CT molecular complexity index is 674. The molecule has 0 saturated carbocycles. The predicted molar refractivity (Wildman–Crippen MR) is 103 cm³/mol. The first-order valence-electron chi connectivity index (χ1n) is 9.56. The van der Waals surface area contributed by atoms with Crippen LogP contribution in [0.4, 0.5) is 4.79 Å². The average Bonchev–Trinajstić information content (AvgIpc) is 2.64. The van der Waals surface area contributed by atoms with Crippen LogP contribution in [0.1, 0.15) is 45.6 Å². The van der Waals surface area contributed by atoms with E-state index in [-0.39, 0.29) is 25.0 Å². The lowest BCUT2D eigenvalue weighted by Crippen LogP contribution is -2.44. The fourth-order valence-corrected chi connectivity index (χ4v) is 3.24. The Morgan fingerprint density at radius 2 is 1.75 bits per heavy atom. The van der Waals surface area contributed by atoms with Crippen molar-refractivity contribution in [3.8, 4) is 0 Å². The lowest BCUT2D eigenvalue weighted by Gasteiger charge is -2.35. The number of nitrogens with zero attached hydrogens (tertiary/aromatic N) is 1. The van der Waals surface area contributed by atoms with E-state index < -0.39 is 23.5 Å². The maximum Gasteiger partial charge on any atom is 0.410 e. The number of amides is 1. The second-order valence-corrected chi connectivity index (χ2v) is 8.10. The first kappa shape index (κ1) is 21.7. The molecule has 154 valence electrons. The largest absolute Gasteiger partial charge is 0.481 e. The molecule has 1 aliphatic rings. The van der Waals surface area contributed by atoms with Crippen LogP contribution in [0, 0.1) is 11.8 Å². The third-order valence-electron chi connectivity index (χ3n) is 4.71. The molecular formula is C21H29NO6. The summed E-state index contributed by atoms with van der Waals surface area (Å²) in [5, 5.41) is 9.57. The van der Waals surface area contributed by atoms with E-state index in [1.54, 1.807) is 25.7 Å². The van der Waals surface area contributed by atoms with Crippen LogP contribution >= 0.6 is 0 Å². The van der Waals surface area contributed by atoms with Crippen molar-refractivity contribution in [2.24, 2.45) is 11.8 Å². The first-order chi connectivity index (χ1) is 13.2. The summed E-state index contributed by atoms with van der Waals surface area (Å²) in [5.41, 5.74) is 0.286. The van der Waals surface area contributed by atoms with Gasteiger partial charge in [-0.05, 0) is 45.1 Å². The second kappa shape index (κ2) is 9.57. The van der Waals surface area contributed by atoms with Crippen molar-refractivity contribution in [1.29, 1.82) is 0 Å². The minimum absolute atomic E-state index is 0.128. The van der Waals surface area contributed by atoms with Gasteiger partial charge in [0, 0.05) is 13.1 Å². The number of carbonyl (C=O) groups is 3. The van der Waals surface area contributed by atoms with Gasteiger partial charge in [-0.25, -0.2) is 4.79 Å². The molecule has 0 bridgehead atoms. The minimum Gasteiger partial charge on any atom is -0.481 e. The van der Waals surface area contributed by atoms with Gasteiger partial charge < -0.3 is 19.5 Å². The van der Waals surface area contributed by atoms with Gasteiger partial charge in [-0.3, -0.25) is 9.59 Å². The highest BCUT2D eigenvalue weighted by Gasteiger charge is 2.35. The predicted octanol–water partition coefficient (Wildman–Crippen LogP) is 3.47. The Morgan fingerprint density at radius 1 is 1.14 bits per heavy atom. The summed E-state index contributed by atoms with van der Waals surface area (Å²) >= 11 is 0. The number of hydrogen-bond donors (Lipinski definition) is 1. The van der Waals surface area contributed by atoms with Crippen molar-refractivity contribution in [2.75, 3.05) is 13.1 Å². The molecule has 1 saturated heterocycles. The summed E-state index contributed by atoms with van der Waals surface area (Å²) in [6.07, 6.45) is 0.476. The molecule has 7 nitrogen and oxygen atoms in total. The molecule has 0 spiro atoms. The van der Waals surface area contributed by atoms with E-state index in [1.807, 2.05) is 30.3 Å². The molecule has 1 heterocycles. The molecule has 1 aromatic carbocycles. The Hall–Kier alpha value is -2.57. The van der Waals surface area contributed by atoms with Crippen LogP contribution in [0.25, 0.3) is 0 Å². The van der Waals surface area contributed by atoms with Crippen LogP contribution in [0.2, 0.25) is 0 Å². The number of aliphatic carboxylic acids is 1. The third kappa shape index (κ3) is 6.87. The molecule has 1 aromatic rings. The van der Waals surface area contributed by atoms with Gasteiger partial charge in [0.05, 0.1) is 12.3 Å². The maximum atomic E-state index is 12.1. The number of piperidine rings is 1. The van der Waals surface area contributed by atoms with E-state index in [2.05, 4.69) is 0 Å². The molecule has 1 atom stereocenters. The van der Waals surface area contributed by atoms with E-state index in [0.29, 0.717) is 25.9 Å². The van der Waals surface area contributed by atoms with Crippen molar-refractivity contribution in [3.63, 3.8) is 0 Å². The zero-order valence-corrected chi connectivity index (χ0v) is 16.7. The highest BCUT2D eigenvalue weighted by atomic mass is 16.6. The normalized spacial score (nSPS) is 16.3. The van der Waals surface area contributed by atoms with Gasteiger partial charge >= 0.3 is 18.0 Å². The Morgan fingerprint density at radius 3 is 2.29 bits per heavy atom. The van der Waals surface area contributed by atoms with E-state index in [1.165, 1.54) is 0 Å². The van der Waals surface area contributed by atoms with Crippen LogP contribution in [-0.4, -0.2) is 46.7 Å².